The third-order valence-electron chi connectivity index (χ3n) is 12.3. The van der Waals surface area contributed by atoms with E-state index in [0.29, 0.717) is 32.5 Å². The number of carbonyl (C=O) groups is 2. The van der Waals surface area contributed by atoms with Gasteiger partial charge in [0, 0.05) is 25.4 Å². The number of ether oxygens (including phenoxy) is 3. The number of unbranched alkanes of at least 4 members (excludes halogenated alkanes) is 1. The van der Waals surface area contributed by atoms with Crippen LogP contribution >= 0.6 is 0 Å². The van der Waals surface area contributed by atoms with Gasteiger partial charge in [-0.1, -0.05) is 79.8 Å². The second-order valence-corrected chi connectivity index (χ2v) is 21.2. The highest BCUT2D eigenvalue weighted by Crippen LogP contribution is 2.47. The van der Waals surface area contributed by atoms with E-state index in [-0.39, 0.29) is 61.7 Å². The van der Waals surface area contributed by atoms with Gasteiger partial charge in [-0.2, -0.15) is 0 Å². The number of hydrogen-bond acceptors (Lipinski definition) is 8. The number of methoxy groups -OCH3 is 1. The normalized spacial score (nSPS) is 20.4. The summed E-state index contributed by atoms with van der Waals surface area (Å²) in [6.07, 6.45) is 3.43. The molecule has 2 heterocycles. The Hall–Kier alpha value is -4.52. The zero-order valence-electron chi connectivity index (χ0n) is 35.4. The first-order valence-electron chi connectivity index (χ1n) is 21.3. The number of benzene rings is 4. The summed E-state index contributed by atoms with van der Waals surface area (Å²) in [5.41, 5.74) is 5.02. The topological polar surface area (TPSA) is 121 Å². The van der Waals surface area contributed by atoms with Crippen molar-refractivity contribution < 1.29 is 34.0 Å². The number of rotatable bonds is 20. The first-order chi connectivity index (χ1) is 28.6. The van der Waals surface area contributed by atoms with Crippen LogP contribution in [-0.4, -0.2) is 93.3 Å². The van der Waals surface area contributed by atoms with Crippen molar-refractivity contribution in [3.05, 3.63) is 114 Å². The molecular weight excluding hydrogens is 759 g/mol. The number of amides is 2. The molecule has 1 fully saturated rings. The Morgan fingerprint density at radius 3 is 2.37 bits per heavy atom. The van der Waals surface area contributed by atoms with Gasteiger partial charge in [-0.3, -0.25) is 14.5 Å². The zero-order chi connectivity index (χ0) is 41.9. The summed E-state index contributed by atoms with van der Waals surface area (Å²) >= 11 is 0. The first-order valence-corrected chi connectivity index (χ1v) is 24.4. The average Bonchev–Trinajstić information content (AvgIpc) is 3.56. The molecule has 1 saturated heterocycles. The highest BCUT2D eigenvalue weighted by Gasteiger charge is 2.51. The van der Waals surface area contributed by atoms with Crippen molar-refractivity contribution in [1.82, 2.24) is 10.2 Å². The molecule has 6 rings (SSSR count). The maximum Gasteiger partial charge on any atom is 0.249 e. The van der Waals surface area contributed by atoms with Crippen LogP contribution in [0.3, 0.4) is 0 Å². The Bertz CT molecular complexity index is 1980. The summed E-state index contributed by atoms with van der Waals surface area (Å²) in [5.74, 6) is 1.77. The van der Waals surface area contributed by atoms with Crippen molar-refractivity contribution in [2.75, 3.05) is 44.9 Å². The summed E-state index contributed by atoms with van der Waals surface area (Å²) in [4.78, 5) is 31.9. The van der Waals surface area contributed by atoms with Crippen molar-refractivity contribution in [2.24, 2.45) is 5.92 Å². The lowest BCUT2D eigenvalue weighted by atomic mass is 9.94. The van der Waals surface area contributed by atoms with Crippen molar-refractivity contribution in [2.45, 2.75) is 95.8 Å². The van der Waals surface area contributed by atoms with E-state index in [1.165, 1.54) is 5.19 Å². The highest BCUT2D eigenvalue weighted by atomic mass is 28.3. The van der Waals surface area contributed by atoms with Crippen molar-refractivity contribution >= 4 is 36.4 Å². The highest BCUT2D eigenvalue weighted by molar-refractivity contribution is 6.91. The largest absolute Gasteiger partial charge is 0.497 e. The summed E-state index contributed by atoms with van der Waals surface area (Å²) in [7, 11) is -0.549. The molecule has 11 heteroatoms. The molecular formula is C48H63N3O7Si. The fourth-order valence-corrected chi connectivity index (χ4v) is 13.3. The number of fused-ring (bicyclic) bond motifs is 1. The van der Waals surface area contributed by atoms with E-state index < -0.39 is 14.1 Å². The fraction of sp³-hybridized carbons (Fsp3) is 0.458. The van der Waals surface area contributed by atoms with Crippen LogP contribution < -0.4 is 24.9 Å². The van der Waals surface area contributed by atoms with Crippen LogP contribution in [0.2, 0.25) is 18.6 Å². The van der Waals surface area contributed by atoms with Gasteiger partial charge in [0.05, 0.1) is 58.8 Å². The molecule has 1 unspecified atom stereocenters. The van der Waals surface area contributed by atoms with Crippen molar-refractivity contribution in [3.63, 3.8) is 0 Å². The molecule has 0 saturated carbocycles. The molecule has 10 nitrogen and oxygen atoms in total. The van der Waals surface area contributed by atoms with Crippen molar-refractivity contribution in [1.29, 1.82) is 0 Å². The molecule has 0 aliphatic carbocycles. The van der Waals surface area contributed by atoms with Gasteiger partial charge in [-0.05, 0) is 116 Å². The Labute approximate surface area is 351 Å². The maximum atomic E-state index is 14.2. The summed E-state index contributed by atoms with van der Waals surface area (Å²) < 4.78 is 18.3. The van der Waals surface area contributed by atoms with E-state index in [9.17, 15) is 19.8 Å². The minimum Gasteiger partial charge on any atom is -0.497 e. The van der Waals surface area contributed by atoms with Crippen LogP contribution in [0.4, 0.5) is 11.4 Å². The third kappa shape index (κ3) is 10.6. The molecule has 5 atom stereocenters. The minimum atomic E-state index is -2.23. The van der Waals surface area contributed by atoms with Crippen LogP contribution in [0.15, 0.2) is 97.1 Å². The quantitative estimate of drug-likeness (QED) is 0.0660. The van der Waals surface area contributed by atoms with Crippen LogP contribution in [0.25, 0.3) is 0 Å². The average molecular weight is 822 g/mol. The number of aliphatic hydroxyl groups excluding tert-OH is 2. The Kier molecular flexibility index (Phi) is 15.4. The molecule has 59 heavy (non-hydrogen) atoms. The number of carbonyl (C=O) groups excluding carboxylic acids is 2. The van der Waals surface area contributed by atoms with Crippen LogP contribution in [0, 0.1) is 5.92 Å². The number of aryl methyl sites for hydroxylation is 1. The predicted molar refractivity (Wildman–Crippen MR) is 237 cm³/mol. The zero-order valence-corrected chi connectivity index (χ0v) is 36.4. The molecule has 0 aromatic heterocycles. The van der Waals surface area contributed by atoms with E-state index in [0.717, 1.165) is 58.8 Å². The number of anilines is 2. The lowest BCUT2D eigenvalue weighted by molar-refractivity contribution is -0.135. The summed E-state index contributed by atoms with van der Waals surface area (Å²) in [6, 6.07) is 32.1. The molecule has 2 aliphatic rings. The van der Waals surface area contributed by atoms with Crippen LogP contribution in [0.1, 0.15) is 56.2 Å². The van der Waals surface area contributed by atoms with Gasteiger partial charge in [0.25, 0.3) is 0 Å². The lowest BCUT2D eigenvalue weighted by Crippen LogP contribution is -2.51. The molecule has 316 valence electrons. The molecule has 2 aliphatic heterocycles. The lowest BCUT2D eigenvalue weighted by Gasteiger charge is -2.36. The van der Waals surface area contributed by atoms with E-state index in [1.807, 2.05) is 84.6 Å². The van der Waals surface area contributed by atoms with Crippen LogP contribution in [0.5, 0.6) is 11.5 Å². The van der Waals surface area contributed by atoms with E-state index in [1.54, 1.807) is 12.0 Å². The van der Waals surface area contributed by atoms with Crippen molar-refractivity contribution in [3.8, 4) is 11.5 Å². The Morgan fingerprint density at radius 1 is 0.915 bits per heavy atom. The smallest absolute Gasteiger partial charge is 0.249 e. The second-order valence-electron chi connectivity index (χ2n) is 16.5. The minimum absolute atomic E-state index is 0.000800. The molecule has 2 amide bonds. The fourth-order valence-electron chi connectivity index (χ4n) is 9.24. The first kappa shape index (κ1) is 44.0. The van der Waals surface area contributed by atoms with Gasteiger partial charge in [-0.15, -0.1) is 0 Å². The van der Waals surface area contributed by atoms with Gasteiger partial charge < -0.3 is 34.6 Å². The van der Waals surface area contributed by atoms with Gasteiger partial charge in [-0.25, -0.2) is 0 Å². The standard InChI is InChI=1S/C48H63N3O7Si/c1-6-57-40-20-23-43-37(30-40)31-42(49-25-10-11-27-52)48(55)51(43)38-16-12-15-35(29-38)17-24-44-34(2)47(59(4,5)41-21-18-39(56-3)19-22-41)45(58-44)32-46(54)50(26-28-53)33-36-13-8-7-9-14-36/h7-9,12-16,18-23,29-30,34,42,44-45,47,49,52-53H,6,10-11,17,24-28,31-33H2,1-5H3/t34-,42?,44+,45-,47+/m0/s1. The monoisotopic (exact) mass is 821 g/mol. The van der Waals surface area contributed by atoms with Gasteiger partial charge in [0.15, 0.2) is 0 Å². The van der Waals surface area contributed by atoms with E-state index >= 15 is 0 Å². The third-order valence-corrected chi connectivity index (χ3v) is 16.7. The Balaban J connectivity index is 1.23. The second kappa shape index (κ2) is 20.6. The van der Waals surface area contributed by atoms with Crippen LogP contribution in [-0.2, 0) is 33.7 Å². The molecule has 3 N–H and O–H groups in total. The Morgan fingerprint density at radius 2 is 1.66 bits per heavy atom. The predicted octanol–water partition coefficient (Wildman–Crippen LogP) is 6.78. The molecule has 0 bridgehead atoms. The summed E-state index contributed by atoms with van der Waals surface area (Å²) in [5, 5.41) is 24.0. The molecule has 4 aromatic carbocycles. The van der Waals surface area contributed by atoms with E-state index in [2.05, 4.69) is 49.6 Å². The molecule has 0 radical (unpaired) electrons. The van der Waals surface area contributed by atoms with Gasteiger partial charge in [0.2, 0.25) is 11.8 Å². The van der Waals surface area contributed by atoms with E-state index in [4.69, 9.17) is 14.2 Å². The van der Waals surface area contributed by atoms with Gasteiger partial charge in [0.1, 0.15) is 11.5 Å². The van der Waals surface area contributed by atoms with Gasteiger partial charge >= 0.3 is 0 Å². The SMILES string of the molecule is CCOc1ccc2c(c1)CC(NCCCCO)C(=O)N2c1cccc(CC[C@H]2O[C@@H](CC(=O)N(CCO)Cc3ccccc3)[C@H]([Si](C)(C)c3ccc(OC)cc3)[C@H]2C)c1. The summed E-state index contributed by atoms with van der Waals surface area (Å²) in [6.45, 7) is 10.9. The number of nitrogens with one attached hydrogen (secondary N) is 1. The number of hydrogen-bond donors (Lipinski definition) is 3. The molecule has 4 aromatic rings. The number of aliphatic hydroxyl groups is 2. The maximum absolute atomic E-state index is 14.2. The number of nitrogens with zero attached hydrogens (tertiary/aromatic N) is 2. The molecule has 0 spiro atoms.